The third-order valence-corrected chi connectivity index (χ3v) is 10.2. The Labute approximate surface area is 224 Å². The third kappa shape index (κ3) is 8.79. The topological polar surface area (TPSA) is 0 Å². The first-order valence-electron chi connectivity index (χ1n) is 10.7. The molecule has 0 amide bonds. The van der Waals surface area contributed by atoms with Crippen LogP contribution in [0.5, 0.6) is 0 Å². The van der Waals surface area contributed by atoms with E-state index in [9.17, 15) is 0 Å². The molecule has 0 fully saturated rings. The van der Waals surface area contributed by atoms with Gasteiger partial charge in [0.15, 0.2) is 0 Å². The number of hydrogen-bond donors (Lipinski definition) is 0. The summed E-state index contributed by atoms with van der Waals surface area (Å²) in [6.07, 6.45) is 11.0. The van der Waals surface area contributed by atoms with Gasteiger partial charge in [-0.1, -0.05) is 114 Å². The monoisotopic (exact) mass is 556 g/mol. The molecule has 0 nitrogen and oxygen atoms in total. The van der Waals surface area contributed by atoms with Crippen LogP contribution < -0.4 is 10.4 Å². The molecule has 2 aromatic carbocycles. The molecule has 4 rings (SSSR count). The number of hydrogen-bond acceptors (Lipinski definition) is 0. The van der Waals surface area contributed by atoms with Crippen LogP contribution in [-0.4, -0.2) is 6.69 Å². The second-order valence-corrected chi connectivity index (χ2v) is 14.5. The van der Waals surface area contributed by atoms with E-state index in [1.165, 1.54) is 22.3 Å². The molecule has 4 heteroatoms. The minimum Gasteiger partial charge on any atom is -0.266 e. The first-order chi connectivity index (χ1) is 14.6. The van der Waals surface area contributed by atoms with Crippen molar-refractivity contribution in [2.75, 3.05) is 0 Å². The molecule has 0 saturated heterocycles. The van der Waals surface area contributed by atoms with Crippen molar-refractivity contribution in [3.8, 4) is 0 Å². The van der Waals surface area contributed by atoms with Gasteiger partial charge >= 0.3 is 32.9 Å². The Kier molecular flexibility index (Phi) is 12.5. The average Bonchev–Trinajstić information content (AvgIpc) is 3.21. The van der Waals surface area contributed by atoms with Gasteiger partial charge in [-0.2, -0.15) is 11.1 Å². The van der Waals surface area contributed by atoms with E-state index in [2.05, 4.69) is 65.8 Å². The minimum absolute atomic E-state index is 0. The van der Waals surface area contributed by atoms with Crippen LogP contribution in [0, 0.1) is 24.0 Å². The van der Waals surface area contributed by atoms with E-state index in [1.54, 1.807) is 0 Å². The van der Waals surface area contributed by atoms with Gasteiger partial charge in [0.05, 0.1) is 0 Å². The SMILES string of the molecule is CC1=[C-]C(C)C(C)=C1.CC1=[C-]C(C)C(C)=C1.Cl[Si](Cl)(c1ccccc1)c1ccccc1.[Zr+2]. The largest absolute Gasteiger partial charge is 2.00 e. The van der Waals surface area contributed by atoms with Crippen molar-refractivity contribution < 1.29 is 26.2 Å². The normalized spacial score (nSPS) is 19.1. The molecule has 0 bridgehead atoms. The Balaban J connectivity index is 0.000000257. The standard InChI is InChI=1S/C12H10Cl2Si.2C8H11.Zr/c13-15(14,11-7-3-1-4-8-11)12-9-5-2-6-10-12;2*1-6-4-7(2)8(3)5-6;/h1-10H;2*4,8H,1-3H3;/q;2*-1;+2. The summed E-state index contributed by atoms with van der Waals surface area (Å²) >= 11 is 13.0. The minimum atomic E-state index is -2.51. The summed E-state index contributed by atoms with van der Waals surface area (Å²) in [4.78, 5) is 0. The fourth-order valence-corrected chi connectivity index (χ4v) is 6.46. The van der Waals surface area contributed by atoms with E-state index in [0.29, 0.717) is 11.8 Å². The average molecular weight is 559 g/mol. The van der Waals surface area contributed by atoms with Gasteiger partial charge in [-0.15, -0.1) is 22.2 Å². The predicted octanol–water partition coefficient (Wildman–Crippen LogP) is 7.38. The van der Waals surface area contributed by atoms with Gasteiger partial charge in [0.25, 0.3) is 0 Å². The molecule has 2 atom stereocenters. The van der Waals surface area contributed by atoms with E-state index in [4.69, 9.17) is 22.2 Å². The summed E-state index contributed by atoms with van der Waals surface area (Å²) in [6.45, 7) is 10.3. The van der Waals surface area contributed by atoms with Crippen molar-refractivity contribution in [3.05, 3.63) is 107 Å². The molecule has 2 unspecified atom stereocenters. The molecule has 166 valence electrons. The van der Waals surface area contributed by atoms with Gasteiger partial charge in [0.2, 0.25) is 0 Å². The van der Waals surface area contributed by atoms with E-state index >= 15 is 0 Å². The summed E-state index contributed by atoms with van der Waals surface area (Å²) in [5, 5.41) is 2.05. The first kappa shape index (κ1) is 29.1. The van der Waals surface area contributed by atoms with Crippen LogP contribution in [-0.2, 0) is 26.2 Å². The molecule has 2 aliphatic rings. The molecule has 0 N–H and O–H groups in total. The molecular weight excluding hydrogens is 527 g/mol. The fourth-order valence-electron chi connectivity index (χ4n) is 3.39. The van der Waals surface area contributed by atoms with Gasteiger partial charge in [-0.05, 0) is 10.4 Å². The Bertz CT molecular complexity index is 894. The Hall–Kier alpha value is -0.920. The number of allylic oxidation sites excluding steroid dienone is 8. The van der Waals surface area contributed by atoms with Crippen LogP contribution in [0.2, 0.25) is 0 Å². The van der Waals surface area contributed by atoms with Crippen molar-refractivity contribution >= 4 is 39.2 Å². The van der Waals surface area contributed by atoms with Crippen LogP contribution in [0.15, 0.2) is 95.1 Å². The number of rotatable bonds is 2. The third-order valence-electron chi connectivity index (χ3n) is 5.42. The number of halogens is 2. The van der Waals surface area contributed by atoms with Crippen molar-refractivity contribution in [1.29, 1.82) is 0 Å². The predicted molar refractivity (Wildman–Crippen MR) is 140 cm³/mol. The molecule has 2 aromatic rings. The summed E-state index contributed by atoms with van der Waals surface area (Å²) in [6, 6.07) is 19.7. The maximum atomic E-state index is 6.49. The van der Waals surface area contributed by atoms with Gasteiger partial charge in [0.1, 0.15) is 0 Å². The summed E-state index contributed by atoms with van der Waals surface area (Å²) in [5.74, 6) is 1.13. The zero-order valence-electron chi connectivity index (χ0n) is 19.8. The van der Waals surface area contributed by atoms with Crippen LogP contribution in [0.1, 0.15) is 41.5 Å². The second kappa shape index (κ2) is 13.7. The van der Waals surface area contributed by atoms with Gasteiger partial charge < -0.3 is 0 Å². The van der Waals surface area contributed by atoms with Crippen LogP contribution in [0.4, 0.5) is 0 Å². The number of benzene rings is 2. The maximum absolute atomic E-state index is 6.49. The van der Waals surface area contributed by atoms with E-state index in [0.717, 1.165) is 10.4 Å². The van der Waals surface area contributed by atoms with Crippen LogP contribution in [0.25, 0.3) is 0 Å². The van der Waals surface area contributed by atoms with E-state index in [-0.39, 0.29) is 26.2 Å². The Morgan fingerprint density at radius 3 is 1.12 bits per heavy atom. The Morgan fingerprint density at radius 2 is 0.938 bits per heavy atom. The van der Waals surface area contributed by atoms with Crippen molar-refractivity contribution in [2.45, 2.75) is 41.5 Å². The van der Waals surface area contributed by atoms with E-state index < -0.39 is 6.69 Å². The van der Waals surface area contributed by atoms with Crippen molar-refractivity contribution in [1.82, 2.24) is 0 Å². The maximum Gasteiger partial charge on any atom is 2.00 e. The zero-order chi connectivity index (χ0) is 23.0. The van der Waals surface area contributed by atoms with Crippen molar-refractivity contribution in [3.63, 3.8) is 0 Å². The molecule has 0 spiro atoms. The quantitative estimate of drug-likeness (QED) is 0.205. The van der Waals surface area contributed by atoms with Crippen LogP contribution in [0.3, 0.4) is 0 Å². The first-order valence-corrected chi connectivity index (χ1v) is 14.7. The summed E-state index contributed by atoms with van der Waals surface area (Å²) in [7, 11) is 0. The molecule has 32 heavy (non-hydrogen) atoms. The molecule has 0 radical (unpaired) electrons. The molecule has 2 aliphatic carbocycles. The smallest absolute Gasteiger partial charge is 0.266 e. The fraction of sp³-hybridized carbons (Fsp3) is 0.286. The van der Waals surface area contributed by atoms with Gasteiger partial charge in [-0.25, -0.2) is 23.3 Å². The second-order valence-electron chi connectivity index (χ2n) is 8.18. The van der Waals surface area contributed by atoms with Gasteiger partial charge in [-0.3, -0.25) is 12.2 Å². The molecule has 0 aliphatic heterocycles. The molecule has 0 aromatic heterocycles. The van der Waals surface area contributed by atoms with Crippen molar-refractivity contribution in [2.24, 2.45) is 11.8 Å². The van der Waals surface area contributed by atoms with E-state index in [1.807, 2.05) is 60.7 Å². The molecule has 0 saturated carbocycles. The van der Waals surface area contributed by atoms with Crippen LogP contribution >= 0.6 is 22.2 Å². The molecule has 0 heterocycles. The molecular formula is C28H32Cl2SiZr. The summed E-state index contributed by atoms with van der Waals surface area (Å²) in [5.41, 5.74) is 5.44. The zero-order valence-corrected chi connectivity index (χ0v) is 24.8. The summed E-state index contributed by atoms with van der Waals surface area (Å²) < 4.78 is 0. The Morgan fingerprint density at radius 1 is 0.625 bits per heavy atom. The van der Waals surface area contributed by atoms with Gasteiger partial charge in [0, 0.05) is 0 Å².